The van der Waals surface area contributed by atoms with Crippen LogP contribution in [0, 0.1) is 13.8 Å². The van der Waals surface area contributed by atoms with Crippen LogP contribution in [-0.2, 0) is 10.0 Å². The highest BCUT2D eigenvalue weighted by atomic mass is 32.2. The lowest BCUT2D eigenvalue weighted by Crippen LogP contribution is -2.39. The monoisotopic (exact) mass is 429 g/mol. The summed E-state index contributed by atoms with van der Waals surface area (Å²) in [5.41, 5.74) is 1.70. The van der Waals surface area contributed by atoms with E-state index >= 15 is 0 Å². The summed E-state index contributed by atoms with van der Waals surface area (Å²) in [6.07, 6.45) is 5.91. The van der Waals surface area contributed by atoms with Crippen LogP contribution in [-0.4, -0.2) is 34.4 Å². The molecule has 0 amide bonds. The number of sulfonamides is 1. The lowest BCUT2D eigenvalue weighted by atomic mass is 9.92. The Morgan fingerprint density at radius 1 is 1.13 bits per heavy atom. The van der Waals surface area contributed by atoms with Crippen molar-refractivity contribution in [2.45, 2.75) is 56.5 Å². The standard InChI is InChI=1S/C20H23N5O4S/c1-13-20(14(2)29-23-13)30(27,28)24-16-5-7-17(8-6-16)25-19(26)10-9-18(22-25)15-4-3-11-21-12-15/h3-4,9-12,16-17,24H,5-8H2,1-2H3. The number of hydrogen-bond acceptors (Lipinski definition) is 7. The van der Waals surface area contributed by atoms with Crippen LogP contribution in [0.2, 0.25) is 0 Å². The number of nitrogens with one attached hydrogen (secondary N) is 1. The molecule has 0 unspecified atom stereocenters. The number of hydrogen-bond donors (Lipinski definition) is 1. The molecule has 0 saturated heterocycles. The molecule has 1 saturated carbocycles. The maximum Gasteiger partial charge on any atom is 0.267 e. The van der Waals surface area contributed by atoms with Crippen LogP contribution in [0.3, 0.4) is 0 Å². The van der Waals surface area contributed by atoms with Crippen LogP contribution in [0.5, 0.6) is 0 Å². The molecule has 30 heavy (non-hydrogen) atoms. The van der Waals surface area contributed by atoms with E-state index in [2.05, 4.69) is 20.0 Å². The number of nitrogens with zero attached hydrogens (tertiary/aromatic N) is 4. The molecule has 1 aliphatic rings. The van der Waals surface area contributed by atoms with Gasteiger partial charge in [0, 0.05) is 30.1 Å². The fourth-order valence-corrected chi connectivity index (χ4v) is 5.56. The van der Waals surface area contributed by atoms with Crippen LogP contribution >= 0.6 is 0 Å². The highest BCUT2D eigenvalue weighted by Crippen LogP contribution is 2.29. The van der Waals surface area contributed by atoms with Gasteiger partial charge in [0.1, 0.15) is 10.6 Å². The molecule has 3 aromatic heterocycles. The molecule has 0 aliphatic heterocycles. The zero-order valence-corrected chi connectivity index (χ0v) is 17.6. The van der Waals surface area contributed by atoms with E-state index in [1.54, 1.807) is 32.3 Å². The second kappa shape index (κ2) is 8.11. The summed E-state index contributed by atoms with van der Waals surface area (Å²) in [6.45, 7) is 3.19. The summed E-state index contributed by atoms with van der Waals surface area (Å²) < 4.78 is 34.7. The number of aromatic nitrogens is 4. The quantitative estimate of drug-likeness (QED) is 0.661. The largest absolute Gasteiger partial charge is 0.360 e. The summed E-state index contributed by atoms with van der Waals surface area (Å²) in [6, 6.07) is 6.64. The Morgan fingerprint density at radius 3 is 2.53 bits per heavy atom. The second-order valence-electron chi connectivity index (χ2n) is 7.52. The Hall–Kier alpha value is -2.85. The molecule has 10 heteroatoms. The first-order valence-corrected chi connectivity index (χ1v) is 11.3. The minimum atomic E-state index is -3.71. The van der Waals surface area contributed by atoms with E-state index in [4.69, 9.17) is 4.52 Å². The van der Waals surface area contributed by atoms with E-state index in [0.717, 1.165) is 5.56 Å². The van der Waals surface area contributed by atoms with Gasteiger partial charge in [0.25, 0.3) is 5.56 Å². The SMILES string of the molecule is Cc1noc(C)c1S(=O)(=O)NC1CCC(n2nc(-c3cccnc3)ccc2=O)CC1. The highest BCUT2D eigenvalue weighted by molar-refractivity contribution is 7.89. The Labute approximate surface area is 174 Å². The number of rotatable bonds is 5. The average molecular weight is 430 g/mol. The smallest absolute Gasteiger partial charge is 0.267 e. The van der Waals surface area contributed by atoms with Gasteiger partial charge in [0.15, 0.2) is 5.76 Å². The van der Waals surface area contributed by atoms with Crippen molar-refractivity contribution in [2.75, 3.05) is 0 Å². The van der Waals surface area contributed by atoms with Gasteiger partial charge in [0.05, 0.1) is 11.7 Å². The molecule has 1 aliphatic carbocycles. The summed E-state index contributed by atoms with van der Waals surface area (Å²) >= 11 is 0. The fraction of sp³-hybridized carbons (Fsp3) is 0.400. The van der Waals surface area contributed by atoms with Crippen LogP contribution in [0.15, 0.2) is 50.9 Å². The zero-order chi connectivity index (χ0) is 21.3. The Kier molecular flexibility index (Phi) is 5.52. The van der Waals surface area contributed by atoms with Gasteiger partial charge in [-0.1, -0.05) is 5.16 Å². The molecule has 0 atom stereocenters. The molecule has 158 valence electrons. The predicted octanol–water partition coefficient (Wildman–Crippen LogP) is 2.37. The Bertz CT molecular complexity index is 1180. The van der Waals surface area contributed by atoms with Crippen molar-refractivity contribution in [3.05, 3.63) is 58.5 Å². The summed E-state index contributed by atoms with van der Waals surface area (Å²) in [7, 11) is -3.71. The van der Waals surface area contributed by atoms with Gasteiger partial charge in [-0.15, -0.1) is 0 Å². The van der Waals surface area contributed by atoms with E-state index < -0.39 is 10.0 Å². The van der Waals surface area contributed by atoms with Crippen molar-refractivity contribution in [3.8, 4) is 11.3 Å². The molecule has 0 radical (unpaired) electrons. The lowest BCUT2D eigenvalue weighted by Gasteiger charge is -2.29. The molecule has 0 bridgehead atoms. The summed E-state index contributed by atoms with van der Waals surface area (Å²) in [5.74, 6) is 0.275. The molecular formula is C20H23N5O4S. The van der Waals surface area contributed by atoms with Crippen LogP contribution in [0.25, 0.3) is 11.3 Å². The molecule has 9 nitrogen and oxygen atoms in total. The second-order valence-corrected chi connectivity index (χ2v) is 9.17. The van der Waals surface area contributed by atoms with E-state index in [1.807, 2.05) is 12.1 Å². The van der Waals surface area contributed by atoms with Gasteiger partial charge in [-0.25, -0.2) is 17.8 Å². The minimum absolute atomic E-state index is 0.0751. The van der Waals surface area contributed by atoms with Crippen molar-refractivity contribution in [3.63, 3.8) is 0 Å². The molecular weight excluding hydrogens is 406 g/mol. The first-order chi connectivity index (χ1) is 14.3. The highest BCUT2D eigenvalue weighted by Gasteiger charge is 2.30. The fourth-order valence-electron chi connectivity index (χ4n) is 3.93. The maximum atomic E-state index is 12.7. The molecule has 1 fully saturated rings. The van der Waals surface area contributed by atoms with Crippen LogP contribution in [0.4, 0.5) is 0 Å². The Morgan fingerprint density at radius 2 is 1.90 bits per heavy atom. The van der Waals surface area contributed by atoms with Gasteiger partial charge >= 0.3 is 0 Å². The zero-order valence-electron chi connectivity index (χ0n) is 16.8. The van der Waals surface area contributed by atoms with E-state index in [1.165, 1.54) is 10.7 Å². The van der Waals surface area contributed by atoms with Crippen LogP contribution in [0.1, 0.15) is 43.2 Å². The number of aryl methyl sites for hydroxylation is 2. The maximum absolute atomic E-state index is 12.7. The van der Waals surface area contributed by atoms with Crippen molar-refractivity contribution in [2.24, 2.45) is 0 Å². The normalized spacial score (nSPS) is 19.7. The van der Waals surface area contributed by atoms with Crippen molar-refractivity contribution in [1.82, 2.24) is 24.6 Å². The Balaban J connectivity index is 1.47. The molecule has 0 aromatic carbocycles. The van der Waals surface area contributed by atoms with Gasteiger partial charge in [-0.2, -0.15) is 5.10 Å². The van der Waals surface area contributed by atoms with E-state index in [0.29, 0.717) is 37.1 Å². The van der Waals surface area contributed by atoms with Gasteiger partial charge in [-0.05, 0) is 57.7 Å². The van der Waals surface area contributed by atoms with Gasteiger partial charge < -0.3 is 4.52 Å². The van der Waals surface area contributed by atoms with Crippen molar-refractivity contribution >= 4 is 10.0 Å². The summed E-state index contributed by atoms with van der Waals surface area (Å²) in [5, 5.41) is 8.26. The van der Waals surface area contributed by atoms with E-state index in [9.17, 15) is 13.2 Å². The number of pyridine rings is 1. The topological polar surface area (TPSA) is 120 Å². The molecule has 4 rings (SSSR count). The first kappa shape index (κ1) is 20.4. The molecule has 0 spiro atoms. The minimum Gasteiger partial charge on any atom is -0.360 e. The van der Waals surface area contributed by atoms with Gasteiger partial charge in [0.2, 0.25) is 10.0 Å². The predicted molar refractivity (Wildman–Crippen MR) is 109 cm³/mol. The first-order valence-electron chi connectivity index (χ1n) is 9.80. The van der Waals surface area contributed by atoms with Crippen molar-refractivity contribution in [1.29, 1.82) is 0 Å². The molecule has 3 aromatic rings. The van der Waals surface area contributed by atoms with Crippen molar-refractivity contribution < 1.29 is 12.9 Å². The third-order valence-corrected chi connectivity index (χ3v) is 7.15. The van der Waals surface area contributed by atoms with Gasteiger partial charge in [-0.3, -0.25) is 9.78 Å². The van der Waals surface area contributed by atoms with Crippen LogP contribution < -0.4 is 10.3 Å². The molecule has 3 heterocycles. The summed E-state index contributed by atoms with van der Waals surface area (Å²) in [4.78, 5) is 16.6. The third-order valence-electron chi connectivity index (χ3n) is 5.38. The average Bonchev–Trinajstić information content (AvgIpc) is 3.08. The lowest BCUT2D eigenvalue weighted by molar-refractivity contribution is 0.286. The molecule has 1 N–H and O–H groups in total. The third kappa shape index (κ3) is 4.05. The van der Waals surface area contributed by atoms with E-state index in [-0.39, 0.29) is 28.3 Å².